The molecule has 0 saturated carbocycles. The minimum Gasteiger partial charge on any atom is -0.467 e. The second-order valence-corrected chi connectivity index (χ2v) is 6.22. The molecule has 1 atom stereocenters. The summed E-state index contributed by atoms with van der Waals surface area (Å²) >= 11 is 8.30. The standard InChI is InChI=1S/C9H11Br2NO3S/c1-14-8(13)4-15-3-6(12)7-2-5(10)9(11)16-7/h2,6H,3-4,12H2,1H3. The van der Waals surface area contributed by atoms with Gasteiger partial charge in [-0.2, -0.15) is 0 Å². The highest BCUT2D eigenvalue weighted by Gasteiger charge is 2.12. The molecule has 0 aliphatic heterocycles. The van der Waals surface area contributed by atoms with Crippen LogP contribution in [-0.4, -0.2) is 26.3 Å². The van der Waals surface area contributed by atoms with Crippen LogP contribution in [0.25, 0.3) is 0 Å². The van der Waals surface area contributed by atoms with E-state index in [9.17, 15) is 4.79 Å². The highest BCUT2D eigenvalue weighted by Crippen LogP contribution is 2.34. The maximum absolute atomic E-state index is 10.8. The van der Waals surface area contributed by atoms with Gasteiger partial charge in [-0.15, -0.1) is 11.3 Å². The second kappa shape index (κ2) is 6.70. The molecular weight excluding hydrogens is 362 g/mol. The molecule has 0 radical (unpaired) electrons. The molecule has 0 fully saturated rings. The Kier molecular flexibility index (Phi) is 5.91. The molecule has 0 aromatic carbocycles. The summed E-state index contributed by atoms with van der Waals surface area (Å²) in [7, 11) is 1.32. The second-order valence-electron chi connectivity index (χ2n) is 2.97. The van der Waals surface area contributed by atoms with Gasteiger partial charge < -0.3 is 15.2 Å². The Bertz CT molecular complexity index is 350. The lowest BCUT2D eigenvalue weighted by atomic mass is 10.3. The lowest BCUT2D eigenvalue weighted by Crippen LogP contribution is -2.19. The number of hydrogen-bond acceptors (Lipinski definition) is 5. The quantitative estimate of drug-likeness (QED) is 0.806. The van der Waals surface area contributed by atoms with Crippen LogP contribution in [-0.2, 0) is 14.3 Å². The first-order valence-corrected chi connectivity index (χ1v) is 6.79. The topological polar surface area (TPSA) is 61.5 Å². The Morgan fingerprint density at radius 1 is 1.62 bits per heavy atom. The van der Waals surface area contributed by atoms with Crippen LogP contribution in [0.3, 0.4) is 0 Å². The molecule has 1 heterocycles. The van der Waals surface area contributed by atoms with Gasteiger partial charge in [0.15, 0.2) is 0 Å². The predicted molar refractivity (Wildman–Crippen MR) is 69.5 cm³/mol. The Labute approximate surface area is 114 Å². The van der Waals surface area contributed by atoms with E-state index in [1.807, 2.05) is 6.07 Å². The lowest BCUT2D eigenvalue weighted by molar-refractivity contribution is -0.146. The van der Waals surface area contributed by atoms with Crippen LogP contribution in [0.5, 0.6) is 0 Å². The van der Waals surface area contributed by atoms with E-state index in [0.717, 1.165) is 13.1 Å². The summed E-state index contributed by atoms with van der Waals surface area (Å²) in [6.07, 6.45) is 0. The van der Waals surface area contributed by atoms with Crippen molar-refractivity contribution in [3.8, 4) is 0 Å². The van der Waals surface area contributed by atoms with Gasteiger partial charge in [0, 0.05) is 9.35 Å². The van der Waals surface area contributed by atoms with E-state index in [1.165, 1.54) is 18.4 Å². The van der Waals surface area contributed by atoms with Crippen LogP contribution in [0.4, 0.5) is 0 Å². The van der Waals surface area contributed by atoms with Crippen molar-refractivity contribution in [3.63, 3.8) is 0 Å². The summed E-state index contributed by atoms with van der Waals surface area (Å²) in [5.41, 5.74) is 5.90. The van der Waals surface area contributed by atoms with Crippen molar-refractivity contribution in [2.24, 2.45) is 5.73 Å². The fraction of sp³-hybridized carbons (Fsp3) is 0.444. The number of esters is 1. The minimum absolute atomic E-state index is 0.0715. The van der Waals surface area contributed by atoms with E-state index in [1.54, 1.807) is 0 Å². The van der Waals surface area contributed by atoms with Gasteiger partial charge >= 0.3 is 5.97 Å². The highest BCUT2D eigenvalue weighted by atomic mass is 79.9. The SMILES string of the molecule is COC(=O)COCC(N)c1cc(Br)c(Br)s1. The van der Waals surface area contributed by atoms with E-state index < -0.39 is 5.97 Å². The number of ether oxygens (including phenoxy) is 2. The average Bonchev–Trinajstić information content (AvgIpc) is 2.59. The van der Waals surface area contributed by atoms with Gasteiger partial charge in [-0.05, 0) is 37.9 Å². The summed E-state index contributed by atoms with van der Waals surface area (Å²) in [4.78, 5) is 11.8. The molecular formula is C9H11Br2NO3S. The number of thiophene rings is 1. The highest BCUT2D eigenvalue weighted by molar-refractivity contribution is 9.13. The molecule has 4 nitrogen and oxygen atoms in total. The third-order valence-corrected chi connectivity index (χ3v) is 5.16. The third kappa shape index (κ3) is 4.14. The summed E-state index contributed by atoms with van der Waals surface area (Å²) < 4.78 is 11.5. The Balaban J connectivity index is 2.40. The van der Waals surface area contributed by atoms with Crippen molar-refractivity contribution >= 4 is 49.2 Å². The van der Waals surface area contributed by atoms with E-state index >= 15 is 0 Å². The van der Waals surface area contributed by atoms with Gasteiger partial charge in [0.25, 0.3) is 0 Å². The van der Waals surface area contributed by atoms with Gasteiger partial charge in [0.2, 0.25) is 0 Å². The number of nitrogens with two attached hydrogens (primary N) is 1. The van der Waals surface area contributed by atoms with E-state index in [-0.39, 0.29) is 19.3 Å². The fourth-order valence-corrected chi connectivity index (χ4v) is 3.03. The number of methoxy groups -OCH3 is 1. The fourth-order valence-electron chi connectivity index (χ4n) is 0.956. The molecule has 0 aliphatic carbocycles. The average molecular weight is 373 g/mol. The van der Waals surface area contributed by atoms with Crippen LogP contribution < -0.4 is 5.73 Å². The maximum Gasteiger partial charge on any atom is 0.331 e. The van der Waals surface area contributed by atoms with E-state index in [0.29, 0.717) is 0 Å². The molecule has 1 aromatic heterocycles. The molecule has 2 N–H and O–H groups in total. The van der Waals surface area contributed by atoms with E-state index in [4.69, 9.17) is 10.5 Å². The summed E-state index contributed by atoms with van der Waals surface area (Å²) in [5.74, 6) is -0.402. The van der Waals surface area contributed by atoms with Crippen molar-refractivity contribution in [3.05, 3.63) is 19.2 Å². The van der Waals surface area contributed by atoms with Crippen molar-refractivity contribution in [1.82, 2.24) is 0 Å². The molecule has 7 heteroatoms. The molecule has 0 spiro atoms. The molecule has 0 aliphatic rings. The van der Waals surface area contributed by atoms with Crippen molar-refractivity contribution in [2.75, 3.05) is 20.3 Å². The normalized spacial score (nSPS) is 12.5. The molecule has 1 aromatic rings. The summed E-state index contributed by atoms with van der Waals surface area (Å²) in [6.45, 7) is 0.215. The van der Waals surface area contributed by atoms with Crippen LogP contribution >= 0.6 is 43.2 Å². The number of carbonyl (C=O) groups is 1. The first-order valence-electron chi connectivity index (χ1n) is 4.39. The molecule has 90 valence electrons. The number of halogens is 2. The number of hydrogen-bond donors (Lipinski definition) is 1. The van der Waals surface area contributed by atoms with Crippen molar-refractivity contribution < 1.29 is 14.3 Å². The minimum atomic E-state index is -0.402. The Morgan fingerprint density at radius 3 is 2.81 bits per heavy atom. The van der Waals surface area contributed by atoms with Crippen molar-refractivity contribution in [1.29, 1.82) is 0 Å². The molecule has 1 unspecified atom stereocenters. The Hall–Kier alpha value is 0.0500. The molecule has 1 rings (SSSR count). The van der Waals surface area contributed by atoms with Crippen molar-refractivity contribution in [2.45, 2.75) is 6.04 Å². The van der Waals surface area contributed by atoms with Crippen LogP contribution in [0.2, 0.25) is 0 Å². The van der Waals surface area contributed by atoms with Crippen LogP contribution in [0.15, 0.2) is 14.3 Å². The van der Waals surface area contributed by atoms with Gasteiger partial charge in [-0.25, -0.2) is 4.79 Å². The first kappa shape index (κ1) is 14.1. The molecule has 16 heavy (non-hydrogen) atoms. The summed E-state index contributed by atoms with van der Waals surface area (Å²) in [6, 6.07) is 1.69. The largest absolute Gasteiger partial charge is 0.467 e. The van der Waals surface area contributed by atoms with Crippen LogP contribution in [0, 0.1) is 0 Å². The monoisotopic (exact) mass is 371 g/mol. The Morgan fingerprint density at radius 2 is 2.31 bits per heavy atom. The zero-order valence-electron chi connectivity index (χ0n) is 8.54. The lowest BCUT2D eigenvalue weighted by Gasteiger charge is -2.09. The molecule has 0 bridgehead atoms. The summed E-state index contributed by atoms with van der Waals surface area (Å²) in [5, 5.41) is 0. The van der Waals surface area contributed by atoms with E-state index in [2.05, 4.69) is 36.6 Å². The zero-order chi connectivity index (χ0) is 12.1. The first-order chi connectivity index (χ1) is 7.54. The molecule has 0 saturated heterocycles. The van der Waals surface area contributed by atoms with Gasteiger partial charge in [-0.1, -0.05) is 0 Å². The van der Waals surface area contributed by atoms with Crippen LogP contribution in [0.1, 0.15) is 10.9 Å². The number of carbonyl (C=O) groups excluding carboxylic acids is 1. The maximum atomic E-state index is 10.8. The van der Waals surface area contributed by atoms with Gasteiger partial charge in [0.05, 0.1) is 23.5 Å². The van der Waals surface area contributed by atoms with Gasteiger partial charge in [-0.3, -0.25) is 0 Å². The molecule has 0 amide bonds. The smallest absolute Gasteiger partial charge is 0.331 e. The predicted octanol–water partition coefficient (Wildman–Crippen LogP) is 2.46. The third-order valence-electron chi connectivity index (χ3n) is 1.77. The zero-order valence-corrected chi connectivity index (χ0v) is 12.5. The van der Waals surface area contributed by atoms with Gasteiger partial charge in [0.1, 0.15) is 6.61 Å². The number of rotatable bonds is 5.